The van der Waals surface area contributed by atoms with Crippen molar-refractivity contribution in [2.45, 2.75) is 26.3 Å². The van der Waals surface area contributed by atoms with Gasteiger partial charge in [0.25, 0.3) is 0 Å². The van der Waals surface area contributed by atoms with Crippen LogP contribution in [0.2, 0.25) is 0 Å². The molecule has 5 nitrogen and oxygen atoms in total. The minimum Gasteiger partial charge on any atom is -0.345 e. The van der Waals surface area contributed by atoms with Gasteiger partial charge in [-0.1, -0.05) is 26.0 Å². The number of aromatic nitrogens is 2. The van der Waals surface area contributed by atoms with Crippen molar-refractivity contribution in [3.63, 3.8) is 0 Å². The third-order valence-corrected chi connectivity index (χ3v) is 3.12. The number of aromatic amines is 1. The van der Waals surface area contributed by atoms with E-state index in [1.807, 2.05) is 24.3 Å². The number of rotatable bonds is 6. The minimum atomic E-state index is -0.0803. The molecule has 0 aliphatic heterocycles. The summed E-state index contributed by atoms with van der Waals surface area (Å²) >= 11 is 0. The first kappa shape index (κ1) is 14.5. The van der Waals surface area contributed by atoms with E-state index >= 15 is 0 Å². The van der Waals surface area contributed by atoms with Crippen LogP contribution in [-0.4, -0.2) is 29.5 Å². The number of likely N-dealkylation sites (N-methyl/N-ethyl adjacent to an activating group) is 1. The number of nitrogens with one attached hydrogen (secondary N) is 3. The lowest BCUT2D eigenvalue weighted by Gasteiger charge is -2.18. The van der Waals surface area contributed by atoms with E-state index in [1.165, 1.54) is 0 Å². The van der Waals surface area contributed by atoms with Crippen molar-refractivity contribution >= 4 is 16.9 Å². The molecule has 0 spiro atoms. The zero-order valence-corrected chi connectivity index (χ0v) is 12.2. The van der Waals surface area contributed by atoms with Gasteiger partial charge in [0, 0.05) is 0 Å². The Morgan fingerprint density at radius 1 is 1.35 bits per heavy atom. The Hall–Kier alpha value is -1.88. The van der Waals surface area contributed by atoms with Crippen LogP contribution in [0.5, 0.6) is 0 Å². The molecule has 1 aromatic heterocycles. The lowest BCUT2D eigenvalue weighted by Crippen LogP contribution is -2.36. The molecule has 1 amide bonds. The third kappa shape index (κ3) is 3.57. The van der Waals surface area contributed by atoms with Gasteiger partial charge >= 0.3 is 0 Å². The highest BCUT2D eigenvalue weighted by Gasteiger charge is 2.19. The van der Waals surface area contributed by atoms with Crippen molar-refractivity contribution in [2.24, 2.45) is 5.92 Å². The summed E-state index contributed by atoms with van der Waals surface area (Å²) in [5, 5.41) is 5.89. The fourth-order valence-corrected chi connectivity index (χ4v) is 2.25. The van der Waals surface area contributed by atoms with Gasteiger partial charge in [-0.25, -0.2) is 4.98 Å². The first-order valence-corrected chi connectivity index (χ1v) is 6.98. The highest BCUT2D eigenvalue weighted by atomic mass is 16.1. The van der Waals surface area contributed by atoms with Crippen LogP contribution in [0.15, 0.2) is 24.3 Å². The molecule has 1 aromatic carbocycles. The van der Waals surface area contributed by atoms with Crippen LogP contribution in [0, 0.1) is 5.92 Å². The molecular weight excluding hydrogens is 252 g/mol. The molecule has 0 bridgehead atoms. The average molecular weight is 274 g/mol. The number of imidazole rings is 1. The zero-order chi connectivity index (χ0) is 14.5. The molecule has 0 fully saturated rings. The Morgan fingerprint density at radius 2 is 2.10 bits per heavy atom. The van der Waals surface area contributed by atoms with Crippen LogP contribution in [0.1, 0.15) is 32.1 Å². The Labute approximate surface area is 119 Å². The highest BCUT2D eigenvalue weighted by Crippen LogP contribution is 2.21. The topological polar surface area (TPSA) is 69.8 Å². The molecule has 20 heavy (non-hydrogen) atoms. The van der Waals surface area contributed by atoms with Crippen molar-refractivity contribution in [1.29, 1.82) is 0 Å². The van der Waals surface area contributed by atoms with Crippen molar-refractivity contribution in [3.8, 4) is 0 Å². The predicted octanol–water partition coefficient (Wildman–Crippen LogP) is 1.99. The Kier molecular flexibility index (Phi) is 4.74. The van der Waals surface area contributed by atoms with Gasteiger partial charge in [-0.2, -0.15) is 0 Å². The first-order chi connectivity index (χ1) is 9.60. The number of carbonyl (C=O) groups is 1. The molecule has 1 heterocycles. The Balaban J connectivity index is 2.22. The number of hydrogen-bond acceptors (Lipinski definition) is 3. The summed E-state index contributed by atoms with van der Waals surface area (Å²) in [6, 6.07) is 7.82. The van der Waals surface area contributed by atoms with Crippen LogP contribution >= 0.6 is 0 Å². The van der Waals surface area contributed by atoms with Crippen molar-refractivity contribution in [2.75, 3.05) is 13.6 Å². The van der Waals surface area contributed by atoms with Gasteiger partial charge in [-0.05, 0) is 31.5 Å². The van der Waals surface area contributed by atoms with Gasteiger partial charge < -0.3 is 15.6 Å². The van der Waals surface area contributed by atoms with Crippen LogP contribution in [-0.2, 0) is 4.79 Å². The Bertz CT molecular complexity index is 543. The van der Waals surface area contributed by atoms with E-state index in [0.717, 1.165) is 23.3 Å². The Morgan fingerprint density at radius 3 is 2.75 bits per heavy atom. The molecule has 0 saturated heterocycles. The van der Waals surface area contributed by atoms with Crippen molar-refractivity contribution < 1.29 is 4.79 Å². The number of benzene rings is 1. The van der Waals surface area contributed by atoms with Crippen LogP contribution in [0.25, 0.3) is 11.0 Å². The van der Waals surface area contributed by atoms with Crippen LogP contribution in [0.4, 0.5) is 0 Å². The average Bonchev–Trinajstić information content (AvgIpc) is 2.81. The zero-order valence-electron chi connectivity index (χ0n) is 12.2. The van der Waals surface area contributed by atoms with Crippen LogP contribution < -0.4 is 10.6 Å². The quantitative estimate of drug-likeness (QED) is 0.754. The fraction of sp³-hybridized carbons (Fsp3) is 0.467. The molecule has 0 aliphatic rings. The summed E-state index contributed by atoms with van der Waals surface area (Å²) in [5.74, 6) is 1.28. The minimum absolute atomic E-state index is 0.0152. The van der Waals surface area contributed by atoms with Gasteiger partial charge in [-0.15, -0.1) is 0 Å². The third-order valence-electron chi connectivity index (χ3n) is 3.12. The fourth-order valence-electron chi connectivity index (χ4n) is 2.25. The maximum atomic E-state index is 11.8. The van der Waals surface area contributed by atoms with E-state index < -0.39 is 0 Å². The number of carbonyl (C=O) groups excluding carboxylic acids is 1. The first-order valence-electron chi connectivity index (χ1n) is 6.98. The van der Waals surface area contributed by atoms with E-state index in [4.69, 9.17) is 0 Å². The molecule has 0 aliphatic carbocycles. The monoisotopic (exact) mass is 274 g/mol. The van der Waals surface area contributed by atoms with E-state index in [1.54, 1.807) is 7.05 Å². The molecule has 3 N–H and O–H groups in total. The van der Waals surface area contributed by atoms with Crippen molar-refractivity contribution in [3.05, 3.63) is 30.1 Å². The normalized spacial score (nSPS) is 12.8. The molecule has 2 rings (SSSR count). The molecule has 108 valence electrons. The smallest absolute Gasteiger partial charge is 0.234 e. The molecular formula is C15H22N4O. The second-order valence-electron chi connectivity index (χ2n) is 5.42. The van der Waals surface area contributed by atoms with E-state index in [0.29, 0.717) is 12.5 Å². The lowest BCUT2D eigenvalue weighted by atomic mass is 10.0. The van der Waals surface area contributed by atoms with E-state index in [9.17, 15) is 4.79 Å². The highest BCUT2D eigenvalue weighted by molar-refractivity contribution is 5.79. The van der Waals surface area contributed by atoms with Gasteiger partial charge in [-0.3, -0.25) is 4.79 Å². The van der Waals surface area contributed by atoms with Crippen molar-refractivity contribution in [1.82, 2.24) is 20.6 Å². The summed E-state index contributed by atoms with van der Waals surface area (Å²) < 4.78 is 0. The van der Waals surface area contributed by atoms with Gasteiger partial charge in [0.2, 0.25) is 5.91 Å². The number of H-pyrrole nitrogens is 1. The lowest BCUT2D eigenvalue weighted by molar-refractivity contribution is -0.121. The molecule has 5 heteroatoms. The van der Waals surface area contributed by atoms with Gasteiger partial charge in [0.05, 0.1) is 23.6 Å². The molecule has 1 unspecified atom stereocenters. The summed E-state index contributed by atoms with van der Waals surface area (Å²) in [5.41, 5.74) is 1.93. The molecule has 0 radical (unpaired) electrons. The maximum absolute atomic E-state index is 11.8. The van der Waals surface area contributed by atoms with E-state index in [-0.39, 0.29) is 11.9 Å². The van der Waals surface area contributed by atoms with Crippen LogP contribution in [0.3, 0.4) is 0 Å². The van der Waals surface area contributed by atoms with E-state index in [2.05, 4.69) is 34.4 Å². The number of amides is 1. The second-order valence-corrected chi connectivity index (χ2v) is 5.42. The SMILES string of the molecule is CNCC(=O)NC(CC(C)C)c1nc2ccccc2[nH]1. The largest absolute Gasteiger partial charge is 0.345 e. The summed E-state index contributed by atoms with van der Waals surface area (Å²) in [6.07, 6.45) is 0.856. The van der Waals surface area contributed by atoms with Gasteiger partial charge in [0.15, 0.2) is 0 Å². The number of fused-ring (bicyclic) bond motifs is 1. The maximum Gasteiger partial charge on any atom is 0.234 e. The molecule has 2 aromatic rings. The number of para-hydroxylation sites is 2. The standard InChI is InChI=1S/C15H22N4O/c1-10(2)8-13(17-14(20)9-16-3)15-18-11-6-4-5-7-12(11)19-15/h4-7,10,13,16H,8-9H2,1-3H3,(H,17,20)(H,18,19). The summed E-state index contributed by atoms with van der Waals surface area (Å²) in [7, 11) is 1.76. The predicted molar refractivity (Wildman–Crippen MR) is 80.4 cm³/mol. The summed E-state index contributed by atoms with van der Waals surface area (Å²) in [6.45, 7) is 4.59. The molecule has 0 saturated carbocycles. The number of hydrogen-bond donors (Lipinski definition) is 3. The second kappa shape index (κ2) is 6.52. The molecule has 1 atom stereocenters. The number of nitrogens with zero attached hydrogens (tertiary/aromatic N) is 1. The summed E-state index contributed by atoms with van der Waals surface area (Å²) in [4.78, 5) is 19.7. The van der Waals surface area contributed by atoms with Gasteiger partial charge in [0.1, 0.15) is 5.82 Å².